The fourth-order valence-corrected chi connectivity index (χ4v) is 5.12. The van der Waals surface area contributed by atoms with Crippen molar-refractivity contribution >= 4 is 11.8 Å². The molecule has 0 aliphatic heterocycles. The van der Waals surface area contributed by atoms with Gasteiger partial charge in [0.25, 0.3) is 0 Å². The highest BCUT2D eigenvalue weighted by Gasteiger charge is 2.54. The molecule has 1 fully saturated rings. The molecule has 0 aromatic heterocycles. The molecule has 5 nitrogen and oxygen atoms in total. The van der Waals surface area contributed by atoms with Crippen molar-refractivity contribution in [1.82, 2.24) is 0 Å². The first-order valence-electron chi connectivity index (χ1n) is 10.4. The summed E-state index contributed by atoms with van der Waals surface area (Å²) in [5.41, 5.74) is 2.25. The molecule has 0 aromatic carbocycles. The second kappa shape index (κ2) is 8.91. The lowest BCUT2D eigenvalue weighted by Crippen LogP contribution is -2.50. The number of hydrogen-bond donors (Lipinski definition) is 2. The Labute approximate surface area is 168 Å². The number of esters is 1. The number of aliphatic hydroxyl groups excluding tert-OH is 2. The van der Waals surface area contributed by atoms with Crippen LogP contribution in [0.5, 0.6) is 0 Å². The van der Waals surface area contributed by atoms with Gasteiger partial charge in [-0.2, -0.15) is 0 Å². The maximum Gasteiger partial charge on any atom is 0.330 e. The second-order valence-electron chi connectivity index (χ2n) is 9.37. The largest absolute Gasteiger partial charge is 0.460 e. The molecule has 0 spiro atoms. The molecule has 0 saturated heterocycles. The molecule has 28 heavy (non-hydrogen) atoms. The molecule has 2 aliphatic rings. The Morgan fingerprint density at radius 2 is 2.11 bits per heavy atom. The van der Waals surface area contributed by atoms with E-state index >= 15 is 0 Å². The molecule has 0 radical (unpaired) electrons. The standard InChI is InChI=1S/C23H36O5/c1-15(10-21(27)28-14-19(26)13-24)6-8-22(4)16(2)7-9-23(5)17(3)11-18(25)12-20(22)23/h10-11,16,19-20,24,26H,6-9,12-14H2,1-5H3/b15-10+/t16-,19+,20-,22+,23+/m0/s1. The number of hydrogen-bond acceptors (Lipinski definition) is 5. The fraction of sp³-hybridized carbons (Fsp3) is 0.739. The lowest BCUT2D eigenvalue weighted by Gasteiger charge is -2.57. The number of rotatable bonds is 7. The summed E-state index contributed by atoms with van der Waals surface area (Å²) in [5, 5.41) is 18.1. The summed E-state index contributed by atoms with van der Waals surface area (Å²) in [5.74, 6) is 0.575. The molecule has 5 atom stereocenters. The van der Waals surface area contributed by atoms with Crippen molar-refractivity contribution in [2.45, 2.75) is 72.8 Å². The van der Waals surface area contributed by atoms with Crippen LogP contribution in [-0.2, 0) is 14.3 Å². The number of ketones is 1. The van der Waals surface area contributed by atoms with E-state index in [1.165, 1.54) is 11.6 Å². The van der Waals surface area contributed by atoms with Crippen molar-refractivity contribution < 1.29 is 24.5 Å². The quantitative estimate of drug-likeness (QED) is 0.511. The van der Waals surface area contributed by atoms with Crippen molar-refractivity contribution in [1.29, 1.82) is 0 Å². The predicted octanol–water partition coefficient (Wildman–Crippen LogP) is 3.59. The van der Waals surface area contributed by atoms with Gasteiger partial charge in [-0.3, -0.25) is 4.79 Å². The summed E-state index contributed by atoms with van der Waals surface area (Å²) >= 11 is 0. The van der Waals surface area contributed by atoms with Gasteiger partial charge in [-0.25, -0.2) is 4.79 Å². The summed E-state index contributed by atoms with van der Waals surface area (Å²) in [7, 11) is 0. The van der Waals surface area contributed by atoms with Gasteiger partial charge in [0, 0.05) is 12.5 Å². The number of carbonyl (C=O) groups is 2. The van der Waals surface area contributed by atoms with Crippen molar-refractivity contribution in [3.63, 3.8) is 0 Å². The molecule has 0 heterocycles. The van der Waals surface area contributed by atoms with Crippen molar-refractivity contribution in [2.75, 3.05) is 13.2 Å². The molecule has 158 valence electrons. The van der Waals surface area contributed by atoms with Crippen molar-refractivity contribution in [3.8, 4) is 0 Å². The summed E-state index contributed by atoms with van der Waals surface area (Å²) in [6.07, 6.45) is 6.83. The van der Waals surface area contributed by atoms with Crippen LogP contribution in [0.25, 0.3) is 0 Å². The lowest BCUT2D eigenvalue weighted by atomic mass is 9.47. The first kappa shape index (κ1) is 22.8. The van der Waals surface area contributed by atoms with Gasteiger partial charge in [0.15, 0.2) is 5.78 Å². The average molecular weight is 393 g/mol. The third-order valence-corrected chi connectivity index (χ3v) is 7.52. The molecule has 2 N–H and O–H groups in total. The van der Waals surface area contributed by atoms with Gasteiger partial charge >= 0.3 is 5.97 Å². The normalized spacial score (nSPS) is 34.5. The average Bonchev–Trinajstić information content (AvgIpc) is 2.64. The van der Waals surface area contributed by atoms with Gasteiger partial charge in [0.1, 0.15) is 12.7 Å². The smallest absolute Gasteiger partial charge is 0.330 e. The molecule has 2 aliphatic carbocycles. The third-order valence-electron chi connectivity index (χ3n) is 7.52. The molecular weight excluding hydrogens is 356 g/mol. The molecule has 0 bridgehead atoms. The third kappa shape index (κ3) is 4.74. The Kier molecular flexibility index (Phi) is 7.27. The fourth-order valence-electron chi connectivity index (χ4n) is 5.12. The van der Waals surface area contributed by atoms with E-state index in [0.29, 0.717) is 18.3 Å². The Balaban J connectivity index is 2.08. The van der Waals surface area contributed by atoms with Gasteiger partial charge in [-0.05, 0) is 68.3 Å². The zero-order valence-corrected chi connectivity index (χ0v) is 18.0. The highest BCUT2D eigenvalue weighted by atomic mass is 16.5. The van der Waals surface area contributed by atoms with Crippen LogP contribution >= 0.6 is 0 Å². The molecule has 0 unspecified atom stereocenters. The van der Waals surface area contributed by atoms with Crippen LogP contribution < -0.4 is 0 Å². The Bertz CT molecular complexity index is 664. The zero-order valence-electron chi connectivity index (χ0n) is 18.0. The first-order valence-corrected chi connectivity index (χ1v) is 10.4. The van der Waals surface area contributed by atoms with E-state index in [4.69, 9.17) is 9.84 Å². The summed E-state index contributed by atoms with van der Waals surface area (Å²) in [4.78, 5) is 24.2. The van der Waals surface area contributed by atoms with Crippen LogP contribution in [0, 0.1) is 22.7 Å². The number of allylic oxidation sites excluding steroid dienone is 3. The van der Waals surface area contributed by atoms with E-state index in [-0.39, 0.29) is 23.2 Å². The van der Waals surface area contributed by atoms with Crippen molar-refractivity contribution in [3.05, 3.63) is 23.3 Å². The maximum atomic E-state index is 12.3. The van der Waals surface area contributed by atoms with Crippen molar-refractivity contribution in [2.24, 2.45) is 22.7 Å². The topological polar surface area (TPSA) is 83.8 Å². The van der Waals surface area contributed by atoms with E-state index in [1.807, 2.05) is 13.0 Å². The molecule has 5 heteroatoms. The highest BCUT2D eigenvalue weighted by molar-refractivity contribution is 5.92. The van der Waals surface area contributed by atoms with Crippen LogP contribution in [-0.4, -0.2) is 41.3 Å². The molecule has 2 rings (SSSR count). The summed E-state index contributed by atoms with van der Waals surface area (Å²) < 4.78 is 4.96. The second-order valence-corrected chi connectivity index (χ2v) is 9.37. The number of carbonyl (C=O) groups excluding carboxylic acids is 2. The van der Waals surface area contributed by atoms with Gasteiger partial charge < -0.3 is 14.9 Å². The number of ether oxygens (including phenoxy) is 1. The van der Waals surface area contributed by atoms with Crippen LogP contribution in [0.3, 0.4) is 0 Å². The monoisotopic (exact) mass is 392 g/mol. The van der Waals surface area contributed by atoms with Crippen LogP contribution in [0.2, 0.25) is 0 Å². The van der Waals surface area contributed by atoms with Gasteiger partial charge in [-0.15, -0.1) is 0 Å². The SMILES string of the molecule is CC1=CC(=O)C[C@H]2[C@](C)(CC/C(C)=C/C(=O)OC[C@H](O)CO)[C@@H](C)CC[C@]12C. The molecule has 1 saturated carbocycles. The summed E-state index contributed by atoms with van der Waals surface area (Å²) in [6.45, 7) is 10.3. The van der Waals surface area contributed by atoms with Crippen LogP contribution in [0.1, 0.15) is 66.7 Å². The minimum absolute atomic E-state index is 0.0320. The van der Waals surface area contributed by atoms with Crippen LogP contribution in [0.4, 0.5) is 0 Å². The lowest BCUT2D eigenvalue weighted by molar-refractivity contribution is -0.141. The number of fused-ring (bicyclic) bond motifs is 1. The van der Waals surface area contributed by atoms with E-state index < -0.39 is 18.7 Å². The summed E-state index contributed by atoms with van der Waals surface area (Å²) in [6, 6.07) is 0. The Morgan fingerprint density at radius 3 is 2.75 bits per heavy atom. The van der Waals surface area contributed by atoms with E-state index in [0.717, 1.165) is 31.3 Å². The van der Waals surface area contributed by atoms with E-state index in [1.54, 1.807) is 0 Å². The van der Waals surface area contributed by atoms with Crippen LogP contribution in [0.15, 0.2) is 23.3 Å². The minimum atomic E-state index is -1.04. The van der Waals surface area contributed by atoms with Gasteiger partial charge in [0.05, 0.1) is 6.61 Å². The predicted molar refractivity (Wildman–Crippen MR) is 109 cm³/mol. The van der Waals surface area contributed by atoms with Gasteiger partial charge in [-0.1, -0.05) is 31.9 Å². The molecular formula is C23H36O5. The molecule has 0 amide bonds. The van der Waals surface area contributed by atoms with E-state index in [9.17, 15) is 14.7 Å². The maximum absolute atomic E-state index is 12.3. The highest BCUT2D eigenvalue weighted by Crippen LogP contribution is 2.61. The minimum Gasteiger partial charge on any atom is -0.460 e. The van der Waals surface area contributed by atoms with E-state index in [2.05, 4.69) is 27.7 Å². The molecule has 0 aromatic rings. The Morgan fingerprint density at radius 1 is 1.43 bits per heavy atom. The zero-order chi connectivity index (χ0) is 21.1. The number of aliphatic hydroxyl groups is 2. The first-order chi connectivity index (χ1) is 13.0. The Hall–Kier alpha value is -1.46. The van der Waals surface area contributed by atoms with Gasteiger partial charge in [0.2, 0.25) is 0 Å².